The van der Waals surface area contributed by atoms with E-state index < -0.39 is 24.8 Å². The van der Waals surface area contributed by atoms with Gasteiger partial charge in [0.1, 0.15) is 17.9 Å². The van der Waals surface area contributed by atoms with Crippen LogP contribution in [-0.2, 0) is 9.53 Å². The largest absolute Gasteiger partial charge is 0.483 e. The number of amides is 1. The number of nitriles is 1. The smallest absolute Gasteiger partial charge is 0.422 e. The van der Waals surface area contributed by atoms with E-state index >= 15 is 0 Å². The Labute approximate surface area is 144 Å². The molecule has 0 aliphatic carbocycles. The van der Waals surface area contributed by atoms with Gasteiger partial charge in [-0.15, -0.1) is 0 Å². The average Bonchev–Trinajstić information content (AvgIpc) is 2.52. The van der Waals surface area contributed by atoms with Crippen molar-refractivity contribution in [2.75, 3.05) is 18.5 Å². The third kappa shape index (κ3) is 7.90. The van der Waals surface area contributed by atoms with E-state index in [1.807, 2.05) is 13.8 Å². The van der Waals surface area contributed by atoms with E-state index in [9.17, 15) is 18.0 Å². The molecule has 0 unspecified atom stereocenters. The molecule has 0 aliphatic rings. The number of benzene rings is 1. The van der Waals surface area contributed by atoms with Crippen LogP contribution in [0, 0.1) is 17.2 Å². The summed E-state index contributed by atoms with van der Waals surface area (Å²) in [5.41, 5.74) is 0.177. The van der Waals surface area contributed by atoms with E-state index in [1.54, 1.807) is 13.0 Å². The van der Waals surface area contributed by atoms with Crippen LogP contribution in [0.1, 0.15) is 32.8 Å². The minimum Gasteiger partial charge on any atom is -0.483 e. The Morgan fingerprint density at radius 1 is 1.32 bits per heavy atom. The minimum absolute atomic E-state index is 0.101. The molecule has 1 rings (SSSR count). The van der Waals surface area contributed by atoms with Crippen molar-refractivity contribution in [3.63, 3.8) is 0 Å². The van der Waals surface area contributed by atoms with Crippen molar-refractivity contribution in [1.29, 1.82) is 5.26 Å². The highest BCUT2D eigenvalue weighted by Gasteiger charge is 2.29. The van der Waals surface area contributed by atoms with E-state index in [4.69, 9.17) is 10.00 Å². The molecule has 0 spiro atoms. The molecule has 0 saturated carbocycles. The summed E-state index contributed by atoms with van der Waals surface area (Å²) in [6, 6.07) is 5.58. The molecule has 1 atom stereocenters. The van der Waals surface area contributed by atoms with Crippen molar-refractivity contribution in [2.24, 2.45) is 5.92 Å². The molecule has 1 N–H and O–H groups in total. The summed E-state index contributed by atoms with van der Waals surface area (Å²) in [6.45, 7) is 4.63. The topological polar surface area (TPSA) is 71.3 Å². The van der Waals surface area contributed by atoms with Crippen molar-refractivity contribution in [1.82, 2.24) is 0 Å². The predicted molar refractivity (Wildman–Crippen MR) is 86.2 cm³/mol. The van der Waals surface area contributed by atoms with Crippen LogP contribution in [0.2, 0.25) is 0 Å². The lowest BCUT2D eigenvalue weighted by molar-refractivity contribution is -0.153. The zero-order valence-electron chi connectivity index (χ0n) is 14.3. The second-order valence-corrected chi connectivity index (χ2v) is 5.91. The molecule has 0 aliphatic heterocycles. The third-order valence-electron chi connectivity index (χ3n) is 3.19. The summed E-state index contributed by atoms with van der Waals surface area (Å²) in [4.78, 5) is 12.0. The number of hydrogen-bond acceptors (Lipinski definition) is 4. The highest BCUT2D eigenvalue weighted by molar-refractivity contribution is 5.94. The first kappa shape index (κ1) is 20.8. The maximum Gasteiger partial charge on any atom is 0.422 e. The lowest BCUT2D eigenvalue weighted by Gasteiger charge is -2.15. The molecule has 25 heavy (non-hydrogen) atoms. The van der Waals surface area contributed by atoms with Gasteiger partial charge in [-0.25, -0.2) is 0 Å². The third-order valence-corrected chi connectivity index (χ3v) is 3.19. The van der Waals surface area contributed by atoms with Crippen LogP contribution in [0.3, 0.4) is 0 Å². The van der Waals surface area contributed by atoms with E-state index in [-0.39, 0.29) is 17.0 Å². The first-order valence-electron chi connectivity index (χ1n) is 7.78. The number of nitrogens with one attached hydrogen (secondary N) is 1. The lowest BCUT2D eigenvalue weighted by atomic mass is 10.1. The summed E-state index contributed by atoms with van der Waals surface area (Å²) in [5.74, 6) is -0.145. The van der Waals surface area contributed by atoms with Crippen LogP contribution >= 0.6 is 0 Å². The summed E-state index contributed by atoms with van der Waals surface area (Å²) in [7, 11) is 0. The van der Waals surface area contributed by atoms with E-state index in [2.05, 4.69) is 10.1 Å². The van der Waals surface area contributed by atoms with Crippen LogP contribution in [0.4, 0.5) is 18.9 Å². The highest BCUT2D eigenvalue weighted by Crippen LogP contribution is 2.25. The zero-order valence-corrected chi connectivity index (χ0v) is 14.3. The van der Waals surface area contributed by atoms with Crippen LogP contribution in [0.5, 0.6) is 5.75 Å². The number of ether oxygens (including phenoxy) is 2. The number of nitrogens with zero attached hydrogens (tertiary/aromatic N) is 1. The van der Waals surface area contributed by atoms with Crippen molar-refractivity contribution < 1.29 is 27.4 Å². The number of anilines is 1. The van der Waals surface area contributed by atoms with Crippen molar-refractivity contribution in [2.45, 2.75) is 39.5 Å². The van der Waals surface area contributed by atoms with Crippen LogP contribution in [0.25, 0.3) is 0 Å². The quantitative estimate of drug-likeness (QED) is 0.765. The highest BCUT2D eigenvalue weighted by atomic mass is 19.4. The molecule has 1 aromatic carbocycles. The van der Waals surface area contributed by atoms with E-state index in [1.165, 1.54) is 18.2 Å². The van der Waals surface area contributed by atoms with E-state index in [0.717, 1.165) is 6.42 Å². The number of carbonyl (C=O) groups is 1. The van der Waals surface area contributed by atoms with Crippen molar-refractivity contribution in [3.8, 4) is 11.8 Å². The van der Waals surface area contributed by atoms with Gasteiger partial charge in [-0.1, -0.05) is 13.8 Å². The van der Waals surface area contributed by atoms with E-state index in [0.29, 0.717) is 12.5 Å². The van der Waals surface area contributed by atoms with Crippen molar-refractivity contribution in [3.05, 3.63) is 23.8 Å². The van der Waals surface area contributed by atoms with Crippen LogP contribution in [-0.4, -0.2) is 31.4 Å². The molecular formula is C17H21F3N2O3. The zero-order chi connectivity index (χ0) is 19.0. The van der Waals surface area contributed by atoms with Crippen LogP contribution in [0.15, 0.2) is 18.2 Å². The molecule has 0 fully saturated rings. The molecule has 0 aromatic heterocycles. The Morgan fingerprint density at radius 3 is 2.56 bits per heavy atom. The van der Waals surface area contributed by atoms with Gasteiger partial charge < -0.3 is 14.8 Å². The monoisotopic (exact) mass is 358 g/mol. The van der Waals surface area contributed by atoms with Gasteiger partial charge in [0.05, 0.1) is 5.56 Å². The van der Waals surface area contributed by atoms with Gasteiger partial charge in [-0.3, -0.25) is 4.79 Å². The summed E-state index contributed by atoms with van der Waals surface area (Å²) in [5, 5.41) is 11.6. The van der Waals surface area contributed by atoms with Gasteiger partial charge in [-0.2, -0.15) is 18.4 Å². The normalized spacial score (nSPS) is 12.6. The molecule has 5 nitrogen and oxygen atoms in total. The second-order valence-electron chi connectivity index (χ2n) is 5.91. The molecule has 0 saturated heterocycles. The first-order chi connectivity index (χ1) is 11.6. The Hall–Kier alpha value is -2.27. The fourth-order valence-corrected chi connectivity index (χ4v) is 1.78. The second kappa shape index (κ2) is 9.28. The van der Waals surface area contributed by atoms with Gasteiger partial charge in [-0.05, 0) is 37.5 Å². The number of carbonyl (C=O) groups excluding carboxylic acids is 1. The SMILES string of the molecule is CC(C)CCO[C@@H](C)C(=O)Nc1ccc(OCC(F)(F)F)c(C#N)c1. The first-order valence-corrected chi connectivity index (χ1v) is 7.78. The molecule has 1 amide bonds. The van der Waals surface area contributed by atoms with Crippen molar-refractivity contribution >= 4 is 11.6 Å². The fourth-order valence-electron chi connectivity index (χ4n) is 1.78. The number of rotatable bonds is 8. The molecule has 0 heterocycles. The molecule has 8 heteroatoms. The van der Waals surface area contributed by atoms with Gasteiger partial charge in [0.15, 0.2) is 6.61 Å². The number of alkyl halides is 3. The predicted octanol–water partition coefficient (Wildman–Crippen LogP) is 3.89. The van der Waals surface area contributed by atoms with Gasteiger partial charge in [0.25, 0.3) is 5.91 Å². The summed E-state index contributed by atoms with van der Waals surface area (Å²) < 4.78 is 46.6. The molecule has 1 aromatic rings. The van der Waals surface area contributed by atoms with Crippen LogP contribution < -0.4 is 10.1 Å². The fraction of sp³-hybridized carbons (Fsp3) is 0.529. The Balaban J connectivity index is 2.67. The Bertz CT molecular complexity index is 625. The standard InChI is InChI=1S/C17H21F3N2O3/c1-11(2)6-7-24-12(3)16(23)22-14-4-5-15(13(8-14)9-21)25-10-17(18,19)20/h4-5,8,11-12H,6-7,10H2,1-3H3,(H,22,23)/t12-/m0/s1. The number of halogens is 3. The minimum atomic E-state index is -4.50. The van der Waals surface area contributed by atoms with Gasteiger partial charge >= 0.3 is 6.18 Å². The molecule has 0 bridgehead atoms. The molecular weight excluding hydrogens is 337 g/mol. The lowest BCUT2D eigenvalue weighted by Crippen LogP contribution is -2.28. The Kier molecular flexibility index (Phi) is 7.71. The summed E-state index contributed by atoms with van der Waals surface area (Å²) in [6.07, 6.45) is -4.37. The molecule has 138 valence electrons. The summed E-state index contributed by atoms with van der Waals surface area (Å²) >= 11 is 0. The average molecular weight is 358 g/mol. The Morgan fingerprint density at radius 2 is 2.00 bits per heavy atom. The van der Waals surface area contributed by atoms with Gasteiger partial charge in [0.2, 0.25) is 0 Å². The maximum atomic E-state index is 12.2. The number of hydrogen-bond donors (Lipinski definition) is 1. The van der Waals surface area contributed by atoms with Gasteiger partial charge in [0, 0.05) is 12.3 Å². The maximum absolute atomic E-state index is 12.2. The molecule has 0 radical (unpaired) electrons.